The molecule has 1 aromatic heterocycles. The Morgan fingerprint density at radius 1 is 1.17 bits per heavy atom. The topological polar surface area (TPSA) is 64.0 Å². The van der Waals surface area contributed by atoms with Crippen molar-refractivity contribution < 1.29 is 8.42 Å². The minimum atomic E-state index is -3.56. The Bertz CT molecular complexity index is 953. The van der Waals surface area contributed by atoms with Crippen molar-refractivity contribution in [1.82, 2.24) is 14.5 Å². The molecule has 3 aromatic rings. The minimum Gasteiger partial charge on any atom is -0.241 e. The first kappa shape index (κ1) is 16.9. The Kier molecular flexibility index (Phi) is 4.84. The number of rotatable bonds is 5. The first-order valence-electron chi connectivity index (χ1n) is 7.30. The Morgan fingerprint density at radius 2 is 1.92 bits per heavy atom. The van der Waals surface area contributed by atoms with Crippen LogP contribution in [-0.4, -0.2) is 18.2 Å². The Morgan fingerprint density at radius 3 is 2.62 bits per heavy atom. The lowest BCUT2D eigenvalue weighted by Gasteiger charge is -2.07. The fourth-order valence-corrected chi connectivity index (χ4v) is 3.57. The minimum absolute atomic E-state index is 0.185. The number of benzene rings is 2. The van der Waals surface area contributed by atoms with E-state index in [0.717, 1.165) is 21.3 Å². The summed E-state index contributed by atoms with van der Waals surface area (Å²) in [6.45, 7) is 2.04. The number of para-hydroxylation sites is 1. The molecule has 0 aliphatic rings. The number of halogens is 1. The van der Waals surface area contributed by atoms with Crippen LogP contribution in [0.25, 0.3) is 5.69 Å². The second kappa shape index (κ2) is 6.88. The third kappa shape index (κ3) is 3.75. The van der Waals surface area contributed by atoms with Gasteiger partial charge in [0.25, 0.3) is 0 Å². The third-order valence-electron chi connectivity index (χ3n) is 3.56. The van der Waals surface area contributed by atoms with Gasteiger partial charge < -0.3 is 0 Å². The SMILES string of the molecule is Cc1cc(S(=O)(=O)NCc2cnn(-c3ccccc3)c2)ccc1Br. The number of hydrogen-bond donors (Lipinski definition) is 1. The van der Waals surface area contributed by atoms with Gasteiger partial charge in [-0.25, -0.2) is 17.8 Å². The summed E-state index contributed by atoms with van der Waals surface area (Å²) in [6.07, 6.45) is 3.47. The Hall–Kier alpha value is -1.96. The van der Waals surface area contributed by atoms with E-state index in [4.69, 9.17) is 0 Å². The van der Waals surface area contributed by atoms with E-state index in [9.17, 15) is 8.42 Å². The number of aryl methyl sites for hydroxylation is 1. The predicted molar refractivity (Wildman–Crippen MR) is 96.5 cm³/mol. The molecule has 0 aliphatic carbocycles. The van der Waals surface area contributed by atoms with E-state index in [2.05, 4.69) is 25.8 Å². The summed E-state index contributed by atoms with van der Waals surface area (Å²) in [5, 5.41) is 4.26. The average Bonchev–Trinajstić information content (AvgIpc) is 3.05. The maximum absolute atomic E-state index is 12.4. The second-order valence-corrected chi connectivity index (χ2v) is 7.99. The monoisotopic (exact) mass is 405 g/mol. The van der Waals surface area contributed by atoms with Crippen LogP contribution >= 0.6 is 15.9 Å². The van der Waals surface area contributed by atoms with Crippen molar-refractivity contribution >= 4 is 26.0 Å². The summed E-state index contributed by atoms with van der Waals surface area (Å²) in [4.78, 5) is 0.249. The van der Waals surface area contributed by atoms with Gasteiger partial charge in [0.15, 0.2) is 0 Å². The van der Waals surface area contributed by atoms with Crippen LogP contribution in [-0.2, 0) is 16.6 Å². The van der Waals surface area contributed by atoms with E-state index < -0.39 is 10.0 Å². The zero-order valence-corrected chi connectivity index (χ0v) is 15.4. The van der Waals surface area contributed by atoms with Crippen LogP contribution in [0.3, 0.4) is 0 Å². The molecule has 2 aromatic carbocycles. The first-order chi connectivity index (χ1) is 11.5. The first-order valence-corrected chi connectivity index (χ1v) is 9.58. The van der Waals surface area contributed by atoms with E-state index in [1.54, 1.807) is 29.1 Å². The smallest absolute Gasteiger partial charge is 0.240 e. The molecule has 0 fully saturated rings. The normalized spacial score (nSPS) is 11.6. The van der Waals surface area contributed by atoms with Crippen molar-refractivity contribution in [2.75, 3.05) is 0 Å². The fraction of sp³-hybridized carbons (Fsp3) is 0.118. The van der Waals surface area contributed by atoms with Crippen molar-refractivity contribution in [2.45, 2.75) is 18.4 Å². The fourth-order valence-electron chi connectivity index (χ4n) is 2.22. The molecule has 3 rings (SSSR count). The van der Waals surface area contributed by atoms with Crippen molar-refractivity contribution in [3.63, 3.8) is 0 Å². The number of aromatic nitrogens is 2. The van der Waals surface area contributed by atoms with Crippen molar-refractivity contribution in [3.8, 4) is 5.69 Å². The highest BCUT2D eigenvalue weighted by Crippen LogP contribution is 2.20. The molecule has 1 N–H and O–H groups in total. The molecule has 0 amide bonds. The van der Waals surface area contributed by atoms with Crippen LogP contribution in [0.5, 0.6) is 0 Å². The van der Waals surface area contributed by atoms with Gasteiger partial charge in [-0.3, -0.25) is 0 Å². The van der Waals surface area contributed by atoms with Crippen LogP contribution in [0.2, 0.25) is 0 Å². The molecule has 0 spiro atoms. The molecule has 0 radical (unpaired) electrons. The van der Waals surface area contributed by atoms with Gasteiger partial charge in [-0.05, 0) is 42.8 Å². The quantitative estimate of drug-likeness (QED) is 0.706. The molecular weight excluding hydrogens is 390 g/mol. The molecule has 24 heavy (non-hydrogen) atoms. The highest BCUT2D eigenvalue weighted by molar-refractivity contribution is 9.10. The number of sulfonamides is 1. The highest BCUT2D eigenvalue weighted by atomic mass is 79.9. The van der Waals surface area contributed by atoms with Crippen molar-refractivity contribution in [1.29, 1.82) is 0 Å². The molecule has 0 saturated heterocycles. The molecule has 0 aliphatic heterocycles. The molecular formula is C17H16BrN3O2S. The summed E-state index contributed by atoms with van der Waals surface area (Å²) >= 11 is 3.37. The van der Waals surface area contributed by atoms with Crippen molar-refractivity contribution in [2.24, 2.45) is 0 Å². The van der Waals surface area contributed by atoms with Gasteiger partial charge in [-0.15, -0.1) is 0 Å². The van der Waals surface area contributed by atoms with Gasteiger partial charge >= 0.3 is 0 Å². The number of hydrogen-bond acceptors (Lipinski definition) is 3. The molecule has 0 saturated carbocycles. The van der Waals surface area contributed by atoms with Crippen LogP contribution in [0.4, 0.5) is 0 Å². The lowest BCUT2D eigenvalue weighted by Crippen LogP contribution is -2.23. The van der Waals surface area contributed by atoms with Crippen LogP contribution in [0.1, 0.15) is 11.1 Å². The summed E-state index contributed by atoms with van der Waals surface area (Å²) in [5.41, 5.74) is 2.58. The molecule has 5 nitrogen and oxygen atoms in total. The van der Waals surface area contributed by atoms with Crippen LogP contribution in [0.15, 0.2) is 70.3 Å². The maximum atomic E-state index is 12.4. The standard InChI is InChI=1S/C17H16BrN3O2S/c1-13-9-16(7-8-17(13)18)24(22,23)20-11-14-10-19-21(12-14)15-5-3-2-4-6-15/h2-10,12,20H,11H2,1H3. The Balaban J connectivity index is 1.73. The Labute approximate surface area is 149 Å². The van der Waals surface area contributed by atoms with Crippen LogP contribution < -0.4 is 4.72 Å². The van der Waals surface area contributed by atoms with Crippen LogP contribution in [0, 0.1) is 6.92 Å². The van der Waals surface area contributed by atoms with Gasteiger partial charge in [0.2, 0.25) is 10.0 Å². The summed E-state index contributed by atoms with van der Waals surface area (Å²) in [6, 6.07) is 14.6. The molecule has 7 heteroatoms. The van der Waals surface area contributed by atoms with E-state index in [0.29, 0.717) is 0 Å². The van der Waals surface area contributed by atoms with E-state index in [1.165, 1.54) is 0 Å². The average molecular weight is 406 g/mol. The summed E-state index contributed by atoms with van der Waals surface area (Å²) in [7, 11) is -3.56. The lowest BCUT2D eigenvalue weighted by atomic mass is 10.2. The predicted octanol–water partition coefficient (Wildman–Crippen LogP) is 3.42. The second-order valence-electron chi connectivity index (χ2n) is 5.36. The zero-order valence-electron chi connectivity index (χ0n) is 13.0. The molecule has 124 valence electrons. The van der Waals surface area contributed by atoms with Gasteiger partial charge in [0.05, 0.1) is 16.8 Å². The summed E-state index contributed by atoms with van der Waals surface area (Å²) in [5.74, 6) is 0. The molecule has 0 atom stereocenters. The third-order valence-corrected chi connectivity index (χ3v) is 5.85. The molecule has 0 bridgehead atoms. The zero-order chi connectivity index (χ0) is 17.2. The van der Waals surface area contributed by atoms with Gasteiger partial charge in [0.1, 0.15) is 0 Å². The van der Waals surface area contributed by atoms with E-state index >= 15 is 0 Å². The molecule has 1 heterocycles. The number of nitrogens with one attached hydrogen (secondary N) is 1. The van der Waals surface area contributed by atoms with Gasteiger partial charge in [-0.2, -0.15) is 5.10 Å². The van der Waals surface area contributed by atoms with Crippen molar-refractivity contribution in [3.05, 3.63) is 76.5 Å². The highest BCUT2D eigenvalue weighted by Gasteiger charge is 2.15. The number of nitrogens with zero attached hydrogens (tertiary/aromatic N) is 2. The van der Waals surface area contributed by atoms with Gasteiger partial charge in [-0.1, -0.05) is 34.1 Å². The van der Waals surface area contributed by atoms with Gasteiger partial charge in [0, 0.05) is 22.8 Å². The lowest BCUT2D eigenvalue weighted by molar-refractivity contribution is 0.581. The molecule has 0 unspecified atom stereocenters. The maximum Gasteiger partial charge on any atom is 0.240 e. The summed E-state index contributed by atoms with van der Waals surface area (Å²) < 4.78 is 30.0. The van der Waals surface area contributed by atoms with E-state index in [1.807, 2.05) is 43.5 Å². The largest absolute Gasteiger partial charge is 0.241 e. The van der Waals surface area contributed by atoms with E-state index in [-0.39, 0.29) is 11.4 Å².